The molecule has 1 aliphatic rings. The highest BCUT2D eigenvalue weighted by Crippen LogP contribution is 2.33. The van der Waals surface area contributed by atoms with E-state index < -0.39 is 28.1 Å². The fraction of sp³-hybridized carbons (Fsp3) is 0.478. The van der Waals surface area contributed by atoms with Crippen molar-refractivity contribution in [2.24, 2.45) is 11.8 Å². The van der Waals surface area contributed by atoms with Gasteiger partial charge >= 0.3 is 0 Å². The van der Waals surface area contributed by atoms with Gasteiger partial charge in [0.25, 0.3) is 0 Å². The van der Waals surface area contributed by atoms with Crippen LogP contribution in [0.1, 0.15) is 32.1 Å². The number of ether oxygens (including phenoxy) is 1. The number of aliphatic hydroxyl groups excluding tert-OH is 2. The molecule has 0 aromatic heterocycles. The number of ketones is 1. The van der Waals surface area contributed by atoms with Gasteiger partial charge in [0.05, 0.1) is 12.4 Å². The number of carbonyl (C=O) groups excluding carboxylic acids is 2. The summed E-state index contributed by atoms with van der Waals surface area (Å²) in [5, 5.41) is 20.4. The van der Waals surface area contributed by atoms with Crippen molar-refractivity contribution in [3.8, 4) is 5.75 Å². The number of rotatable bonds is 12. The Bertz CT molecular complexity index is 912. The van der Waals surface area contributed by atoms with E-state index in [2.05, 4.69) is 0 Å². The molecule has 9 heteroatoms. The number of hydrogen-bond acceptors (Lipinski definition) is 7. The molecule has 1 fully saturated rings. The first-order valence-electron chi connectivity index (χ1n) is 10.6. The minimum atomic E-state index is -3.54. The molecule has 0 heterocycles. The van der Waals surface area contributed by atoms with Gasteiger partial charge in [0.2, 0.25) is 15.9 Å². The third-order valence-corrected chi connectivity index (χ3v) is 5.68. The first-order valence-corrected chi connectivity index (χ1v) is 12.5. The van der Waals surface area contributed by atoms with E-state index in [4.69, 9.17) is 4.74 Å². The van der Waals surface area contributed by atoms with Gasteiger partial charge in [0.15, 0.2) is 0 Å². The predicted molar refractivity (Wildman–Crippen MR) is 120 cm³/mol. The van der Waals surface area contributed by atoms with Gasteiger partial charge in [-0.15, -0.1) is 0 Å². The van der Waals surface area contributed by atoms with Crippen molar-refractivity contribution >= 4 is 21.7 Å². The number of amides is 1. The summed E-state index contributed by atoms with van der Waals surface area (Å²) in [5.74, 6) is -0.700. The Balaban J connectivity index is 1.78. The molecule has 32 heavy (non-hydrogen) atoms. The van der Waals surface area contributed by atoms with E-state index in [1.165, 1.54) is 0 Å². The Morgan fingerprint density at radius 2 is 2.00 bits per heavy atom. The van der Waals surface area contributed by atoms with Gasteiger partial charge in [0, 0.05) is 24.7 Å². The molecule has 4 atom stereocenters. The Kier molecular flexibility index (Phi) is 10.1. The maximum Gasteiger partial charge on any atom is 0.233 e. The lowest BCUT2D eigenvalue weighted by Gasteiger charge is -2.17. The zero-order chi connectivity index (χ0) is 23.6. The van der Waals surface area contributed by atoms with Crippen LogP contribution in [0, 0.1) is 11.8 Å². The molecular weight excluding hydrogens is 434 g/mol. The topological polar surface area (TPSA) is 130 Å². The Labute approximate surface area is 189 Å². The molecule has 8 nitrogen and oxygen atoms in total. The highest BCUT2D eigenvalue weighted by atomic mass is 32.2. The Morgan fingerprint density at radius 3 is 2.69 bits per heavy atom. The third kappa shape index (κ3) is 9.33. The summed E-state index contributed by atoms with van der Waals surface area (Å²) in [4.78, 5) is 23.7. The van der Waals surface area contributed by atoms with Gasteiger partial charge in [-0.05, 0) is 31.4 Å². The molecule has 3 N–H and O–H groups in total. The zero-order valence-corrected chi connectivity index (χ0v) is 18.9. The van der Waals surface area contributed by atoms with Crippen LogP contribution in [0.2, 0.25) is 0 Å². The lowest BCUT2D eigenvalue weighted by Crippen LogP contribution is -2.28. The number of hydrogen-bond donors (Lipinski definition) is 3. The molecule has 1 amide bonds. The minimum Gasteiger partial charge on any atom is -0.491 e. The van der Waals surface area contributed by atoms with Crippen molar-refractivity contribution in [3.05, 3.63) is 54.6 Å². The largest absolute Gasteiger partial charge is 0.491 e. The van der Waals surface area contributed by atoms with Crippen LogP contribution < -0.4 is 9.46 Å². The van der Waals surface area contributed by atoms with E-state index >= 15 is 0 Å². The van der Waals surface area contributed by atoms with E-state index in [-0.39, 0.29) is 37.1 Å². The molecule has 0 spiro atoms. The van der Waals surface area contributed by atoms with Gasteiger partial charge in [-0.1, -0.05) is 42.5 Å². The number of sulfonamides is 1. The molecule has 1 aromatic carbocycles. The molecule has 0 radical (unpaired) electrons. The van der Waals surface area contributed by atoms with E-state index in [0.717, 1.165) is 6.26 Å². The number of benzene rings is 1. The van der Waals surface area contributed by atoms with Crippen LogP contribution in [0.3, 0.4) is 0 Å². The van der Waals surface area contributed by atoms with Crippen LogP contribution in [0.4, 0.5) is 0 Å². The number of carbonyl (C=O) groups is 2. The summed E-state index contributed by atoms with van der Waals surface area (Å²) < 4.78 is 29.4. The molecule has 2 rings (SSSR count). The van der Waals surface area contributed by atoms with E-state index in [1.807, 2.05) is 35.1 Å². The normalized spacial score (nSPS) is 22.5. The van der Waals surface area contributed by atoms with Gasteiger partial charge in [-0.2, -0.15) is 0 Å². The van der Waals surface area contributed by atoms with E-state index in [0.29, 0.717) is 25.0 Å². The lowest BCUT2D eigenvalue weighted by molar-refractivity contribution is -0.121. The lowest BCUT2D eigenvalue weighted by atomic mass is 9.90. The highest BCUT2D eigenvalue weighted by Gasteiger charge is 2.39. The number of aliphatic hydroxyl groups is 2. The zero-order valence-electron chi connectivity index (χ0n) is 18.1. The second kappa shape index (κ2) is 12.5. The maximum absolute atomic E-state index is 12.3. The second-order valence-corrected chi connectivity index (χ2v) is 9.64. The molecule has 176 valence electrons. The van der Waals surface area contributed by atoms with Gasteiger partial charge in [0.1, 0.15) is 24.2 Å². The smallest absolute Gasteiger partial charge is 0.233 e. The number of para-hydroxylation sites is 1. The van der Waals surface area contributed by atoms with Crippen molar-refractivity contribution in [3.63, 3.8) is 0 Å². The number of unbranched alkanes of at least 4 members (excludes halogenated alkanes) is 1. The first kappa shape index (κ1) is 25.8. The SMILES string of the molecule is CS(=O)(=O)NC(=O)CCCC=CC[C@H]1C(=O)C[C@@H](O)[C@@H]1/C=C/[C@@H](O)COc1ccccc1. The monoisotopic (exact) mass is 465 g/mol. The molecule has 1 aromatic rings. The summed E-state index contributed by atoms with van der Waals surface area (Å²) in [6, 6.07) is 9.11. The number of nitrogens with one attached hydrogen (secondary N) is 1. The number of Topliss-reactive ketones (excluding diaryl/α,β-unsaturated/α-hetero) is 1. The average Bonchev–Trinajstić information content (AvgIpc) is 2.99. The summed E-state index contributed by atoms with van der Waals surface area (Å²) in [6.07, 6.45) is 7.84. The van der Waals surface area contributed by atoms with Gasteiger partial charge in [-0.25, -0.2) is 8.42 Å². The van der Waals surface area contributed by atoms with Crippen LogP contribution in [0.5, 0.6) is 5.75 Å². The fourth-order valence-corrected chi connectivity index (χ4v) is 4.05. The van der Waals surface area contributed by atoms with Crippen LogP contribution >= 0.6 is 0 Å². The van der Waals surface area contributed by atoms with Crippen LogP contribution in [-0.4, -0.2) is 55.4 Å². The number of allylic oxidation sites excluding steroid dienone is 2. The highest BCUT2D eigenvalue weighted by molar-refractivity contribution is 7.89. The third-order valence-electron chi connectivity index (χ3n) is 5.08. The molecule has 1 saturated carbocycles. The standard InChI is InChI=1S/C23H31NO7S/c1-32(29,30)24-23(28)12-8-3-2-7-11-19-20(22(27)15-21(19)26)14-13-17(25)16-31-18-9-5-4-6-10-18/h2,4-7,9-10,13-14,17,19-20,22,25,27H,3,8,11-12,15-16H2,1H3,(H,24,28)/b7-2?,14-13+/t17-,19-,20-,22-/m1/s1. The predicted octanol–water partition coefficient (Wildman–Crippen LogP) is 1.74. The quantitative estimate of drug-likeness (QED) is 0.317. The maximum atomic E-state index is 12.3. The van der Waals surface area contributed by atoms with Crippen molar-refractivity contribution in [2.75, 3.05) is 12.9 Å². The van der Waals surface area contributed by atoms with Gasteiger partial charge < -0.3 is 14.9 Å². The molecule has 0 bridgehead atoms. The van der Waals surface area contributed by atoms with Crippen LogP contribution in [0.25, 0.3) is 0 Å². The van der Waals surface area contributed by atoms with Crippen LogP contribution in [0.15, 0.2) is 54.6 Å². The molecule has 0 saturated heterocycles. The minimum absolute atomic E-state index is 0.0284. The molecule has 0 unspecified atom stereocenters. The average molecular weight is 466 g/mol. The first-order chi connectivity index (χ1) is 15.2. The van der Waals surface area contributed by atoms with Crippen LogP contribution in [-0.2, 0) is 19.6 Å². The second-order valence-electron chi connectivity index (χ2n) is 7.89. The summed E-state index contributed by atoms with van der Waals surface area (Å²) in [6.45, 7) is 0.0642. The molecule has 1 aliphatic carbocycles. The van der Waals surface area contributed by atoms with Crippen molar-refractivity contribution in [1.29, 1.82) is 0 Å². The van der Waals surface area contributed by atoms with Crippen molar-refractivity contribution in [1.82, 2.24) is 4.72 Å². The Hall–Kier alpha value is -2.49. The summed E-state index contributed by atoms with van der Waals surface area (Å²) in [7, 11) is -3.54. The van der Waals surface area contributed by atoms with Crippen molar-refractivity contribution < 1.29 is 33.0 Å². The molecular formula is C23H31NO7S. The van der Waals surface area contributed by atoms with E-state index in [9.17, 15) is 28.2 Å². The summed E-state index contributed by atoms with van der Waals surface area (Å²) >= 11 is 0. The fourth-order valence-electron chi connectivity index (χ4n) is 3.54. The van der Waals surface area contributed by atoms with Crippen molar-refractivity contribution in [2.45, 2.75) is 44.3 Å². The van der Waals surface area contributed by atoms with Gasteiger partial charge in [-0.3, -0.25) is 14.3 Å². The Morgan fingerprint density at radius 1 is 1.28 bits per heavy atom. The van der Waals surface area contributed by atoms with E-state index in [1.54, 1.807) is 24.3 Å². The molecule has 0 aliphatic heterocycles. The summed E-state index contributed by atoms with van der Waals surface area (Å²) in [5.41, 5.74) is 0.